The molecule has 0 radical (unpaired) electrons. The Bertz CT molecular complexity index is 414. The first-order valence-electron chi connectivity index (χ1n) is 5.93. The van der Waals surface area contributed by atoms with E-state index in [1.54, 1.807) is 25.3 Å². The predicted molar refractivity (Wildman–Crippen MR) is 66.2 cm³/mol. The first-order valence-corrected chi connectivity index (χ1v) is 5.93. The standard InChI is InChI=1S/C13H18N2O2/c1-9(16)12-4-3-5-14-13(12)15(2)8-10-6-11(17)7-10/h3-5,10-11,17H,6-8H2,1-2H3. The van der Waals surface area contributed by atoms with Gasteiger partial charge in [-0.05, 0) is 37.8 Å². The molecule has 4 nitrogen and oxygen atoms in total. The zero-order valence-electron chi connectivity index (χ0n) is 10.3. The Balaban J connectivity index is 2.08. The second kappa shape index (κ2) is 4.84. The molecule has 92 valence electrons. The largest absolute Gasteiger partial charge is 0.393 e. The van der Waals surface area contributed by atoms with E-state index in [2.05, 4.69) is 4.98 Å². The lowest BCUT2D eigenvalue weighted by molar-refractivity contribution is 0.0464. The minimum Gasteiger partial charge on any atom is -0.393 e. The van der Waals surface area contributed by atoms with Crippen molar-refractivity contribution < 1.29 is 9.90 Å². The third kappa shape index (κ3) is 2.64. The normalized spacial score (nSPS) is 23.0. The summed E-state index contributed by atoms with van der Waals surface area (Å²) in [5.74, 6) is 1.28. The number of pyridine rings is 1. The minimum absolute atomic E-state index is 0.0357. The summed E-state index contributed by atoms with van der Waals surface area (Å²) in [7, 11) is 1.94. The summed E-state index contributed by atoms with van der Waals surface area (Å²) < 4.78 is 0. The van der Waals surface area contributed by atoms with Crippen molar-refractivity contribution in [3.05, 3.63) is 23.9 Å². The van der Waals surface area contributed by atoms with Crippen LogP contribution in [-0.2, 0) is 0 Å². The fourth-order valence-electron chi connectivity index (χ4n) is 2.30. The number of anilines is 1. The molecular formula is C13H18N2O2. The molecule has 1 aromatic heterocycles. The lowest BCUT2D eigenvalue weighted by Gasteiger charge is -2.35. The average molecular weight is 234 g/mol. The first-order chi connectivity index (χ1) is 8.08. The number of nitrogens with zero attached hydrogens (tertiary/aromatic N) is 2. The number of carbonyl (C=O) groups excluding carboxylic acids is 1. The number of carbonyl (C=O) groups is 1. The topological polar surface area (TPSA) is 53.4 Å². The van der Waals surface area contributed by atoms with Crippen molar-refractivity contribution in [1.29, 1.82) is 0 Å². The molecule has 1 aliphatic carbocycles. The van der Waals surface area contributed by atoms with Crippen molar-refractivity contribution in [2.24, 2.45) is 5.92 Å². The molecule has 4 heteroatoms. The number of hydrogen-bond acceptors (Lipinski definition) is 4. The van der Waals surface area contributed by atoms with Gasteiger partial charge in [-0.3, -0.25) is 4.79 Å². The summed E-state index contributed by atoms with van der Waals surface area (Å²) in [5.41, 5.74) is 0.662. The van der Waals surface area contributed by atoms with E-state index in [0.29, 0.717) is 11.5 Å². The van der Waals surface area contributed by atoms with Crippen LogP contribution in [0.15, 0.2) is 18.3 Å². The quantitative estimate of drug-likeness (QED) is 0.802. The van der Waals surface area contributed by atoms with Crippen LogP contribution in [0.2, 0.25) is 0 Å². The Hall–Kier alpha value is -1.42. The molecule has 0 saturated heterocycles. The molecule has 1 heterocycles. The van der Waals surface area contributed by atoms with Crippen molar-refractivity contribution in [1.82, 2.24) is 4.98 Å². The second-order valence-electron chi connectivity index (χ2n) is 4.80. The van der Waals surface area contributed by atoms with E-state index in [1.807, 2.05) is 11.9 Å². The smallest absolute Gasteiger partial charge is 0.163 e. The van der Waals surface area contributed by atoms with Crippen molar-refractivity contribution in [2.75, 3.05) is 18.5 Å². The Morgan fingerprint density at radius 2 is 2.29 bits per heavy atom. The third-order valence-electron chi connectivity index (χ3n) is 3.27. The number of aromatic nitrogens is 1. The van der Waals surface area contributed by atoms with E-state index < -0.39 is 0 Å². The molecule has 0 atom stereocenters. The van der Waals surface area contributed by atoms with Gasteiger partial charge in [0.1, 0.15) is 5.82 Å². The van der Waals surface area contributed by atoms with E-state index in [1.165, 1.54) is 0 Å². The lowest BCUT2D eigenvalue weighted by Crippen LogP contribution is -2.37. The van der Waals surface area contributed by atoms with E-state index >= 15 is 0 Å². The zero-order valence-corrected chi connectivity index (χ0v) is 10.3. The van der Waals surface area contributed by atoms with Gasteiger partial charge >= 0.3 is 0 Å². The highest BCUT2D eigenvalue weighted by molar-refractivity contribution is 5.98. The van der Waals surface area contributed by atoms with Crippen LogP contribution < -0.4 is 4.90 Å². The SMILES string of the molecule is CC(=O)c1cccnc1N(C)CC1CC(O)C1. The molecular weight excluding hydrogens is 216 g/mol. The van der Waals surface area contributed by atoms with Crippen LogP contribution in [0.3, 0.4) is 0 Å². The van der Waals surface area contributed by atoms with Gasteiger partial charge in [0.05, 0.1) is 11.7 Å². The molecule has 0 aromatic carbocycles. The molecule has 17 heavy (non-hydrogen) atoms. The first kappa shape index (κ1) is 12.0. The number of aliphatic hydroxyl groups is 1. The van der Waals surface area contributed by atoms with Crippen molar-refractivity contribution in [3.63, 3.8) is 0 Å². The summed E-state index contributed by atoms with van der Waals surface area (Å²) in [4.78, 5) is 17.8. The van der Waals surface area contributed by atoms with Gasteiger partial charge in [0.15, 0.2) is 5.78 Å². The van der Waals surface area contributed by atoms with Gasteiger partial charge in [-0.15, -0.1) is 0 Å². The molecule has 0 spiro atoms. The molecule has 0 amide bonds. The number of Topliss-reactive ketones (excluding diaryl/α,β-unsaturated/α-hetero) is 1. The molecule has 0 bridgehead atoms. The molecule has 0 unspecified atom stereocenters. The van der Waals surface area contributed by atoms with Gasteiger partial charge in [-0.2, -0.15) is 0 Å². The zero-order chi connectivity index (χ0) is 12.4. The van der Waals surface area contributed by atoms with Crippen LogP contribution in [0.5, 0.6) is 0 Å². The predicted octanol–water partition coefficient (Wildman–Crippen LogP) is 1.49. The maximum absolute atomic E-state index is 11.5. The van der Waals surface area contributed by atoms with Crippen LogP contribution >= 0.6 is 0 Å². The number of ketones is 1. The second-order valence-corrected chi connectivity index (χ2v) is 4.80. The summed E-state index contributed by atoms with van der Waals surface area (Å²) >= 11 is 0. The van der Waals surface area contributed by atoms with Crippen LogP contribution in [0, 0.1) is 5.92 Å². The summed E-state index contributed by atoms with van der Waals surface area (Å²) in [6.07, 6.45) is 3.27. The molecule has 2 rings (SSSR count). The van der Waals surface area contributed by atoms with Crippen molar-refractivity contribution in [3.8, 4) is 0 Å². The van der Waals surface area contributed by atoms with Gasteiger partial charge in [0.2, 0.25) is 0 Å². The Kier molecular flexibility index (Phi) is 3.43. The van der Waals surface area contributed by atoms with Gasteiger partial charge in [0.25, 0.3) is 0 Å². The highest BCUT2D eigenvalue weighted by Gasteiger charge is 2.28. The molecule has 1 aromatic rings. The number of rotatable bonds is 4. The molecule has 0 aliphatic heterocycles. The summed E-state index contributed by atoms with van der Waals surface area (Å²) in [5, 5.41) is 9.26. The Labute approximate surface area is 101 Å². The van der Waals surface area contributed by atoms with Crippen molar-refractivity contribution in [2.45, 2.75) is 25.9 Å². The van der Waals surface area contributed by atoms with E-state index in [-0.39, 0.29) is 11.9 Å². The van der Waals surface area contributed by atoms with Crippen LogP contribution in [0.25, 0.3) is 0 Å². The van der Waals surface area contributed by atoms with Gasteiger partial charge in [-0.1, -0.05) is 0 Å². The summed E-state index contributed by atoms with van der Waals surface area (Å²) in [6, 6.07) is 3.58. The maximum atomic E-state index is 11.5. The van der Waals surface area contributed by atoms with Crippen LogP contribution in [0.4, 0.5) is 5.82 Å². The van der Waals surface area contributed by atoms with Crippen molar-refractivity contribution >= 4 is 11.6 Å². The van der Waals surface area contributed by atoms with E-state index in [0.717, 1.165) is 25.2 Å². The number of hydrogen-bond donors (Lipinski definition) is 1. The molecule has 1 aliphatic rings. The van der Waals surface area contributed by atoms with Crippen LogP contribution in [-0.4, -0.2) is 35.6 Å². The summed E-state index contributed by atoms with van der Waals surface area (Å²) in [6.45, 7) is 2.40. The molecule has 1 fully saturated rings. The highest BCUT2D eigenvalue weighted by atomic mass is 16.3. The van der Waals surface area contributed by atoms with Gasteiger partial charge < -0.3 is 10.0 Å². The number of aliphatic hydroxyl groups excluding tert-OH is 1. The average Bonchev–Trinajstić information content (AvgIpc) is 2.27. The third-order valence-corrected chi connectivity index (χ3v) is 3.27. The Morgan fingerprint density at radius 1 is 1.59 bits per heavy atom. The maximum Gasteiger partial charge on any atom is 0.163 e. The molecule has 1 N–H and O–H groups in total. The van der Waals surface area contributed by atoms with E-state index in [4.69, 9.17) is 0 Å². The Morgan fingerprint density at radius 3 is 2.88 bits per heavy atom. The highest BCUT2D eigenvalue weighted by Crippen LogP contribution is 2.29. The van der Waals surface area contributed by atoms with Crippen LogP contribution in [0.1, 0.15) is 30.1 Å². The fourth-order valence-corrected chi connectivity index (χ4v) is 2.30. The minimum atomic E-state index is -0.135. The van der Waals surface area contributed by atoms with Gasteiger partial charge in [0, 0.05) is 19.8 Å². The lowest BCUT2D eigenvalue weighted by atomic mass is 9.82. The molecule has 1 saturated carbocycles. The van der Waals surface area contributed by atoms with E-state index in [9.17, 15) is 9.90 Å². The fraction of sp³-hybridized carbons (Fsp3) is 0.538. The monoisotopic (exact) mass is 234 g/mol. The van der Waals surface area contributed by atoms with Gasteiger partial charge in [-0.25, -0.2) is 4.98 Å².